The first kappa shape index (κ1) is 16.0. The molecule has 3 rings (SSSR count). The van der Waals surface area contributed by atoms with Crippen LogP contribution in [0.5, 0.6) is 0 Å². The first-order chi connectivity index (χ1) is 11.7. The highest BCUT2D eigenvalue weighted by Crippen LogP contribution is 2.12. The summed E-state index contributed by atoms with van der Waals surface area (Å²) in [5.74, 6) is 0. The number of aryl methyl sites for hydroxylation is 1. The van der Waals surface area contributed by atoms with Crippen LogP contribution in [0.15, 0.2) is 49.2 Å². The van der Waals surface area contributed by atoms with Crippen molar-refractivity contribution in [2.75, 3.05) is 0 Å². The lowest BCUT2D eigenvalue weighted by Gasteiger charge is -2.14. The molecule has 0 aliphatic heterocycles. The number of aromatic amines is 1. The molecule has 1 atom stereocenters. The van der Waals surface area contributed by atoms with Gasteiger partial charge in [0, 0.05) is 30.9 Å². The minimum atomic E-state index is -0.206. The van der Waals surface area contributed by atoms with Gasteiger partial charge in [-0.25, -0.2) is 4.98 Å². The van der Waals surface area contributed by atoms with Gasteiger partial charge < -0.3 is 9.72 Å². The highest BCUT2D eigenvalue weighted by molar-refractivity contribution is 5.38. The lowest BCUT2D eigenvalue weighted by atomic mass is 10.0. The summed E-state index contributed by atoms with van der Waals surface area (Å²) < 4.78 is 7.12. The van der Waals surface area contributed by atoms with E-state index in [0.717, 1.165) is 23.4 Å². The maximum atomic E-state index is 10.7. The summed E-state index contributed by atoms with van der Waals surface area (Å²) in [5, 5.41) is 4.30. The first-order valence-electron chi connectivity index (χ1n) is 7.86. The van der Waals surface area contributed by atoms with Gasteiger partial charge in [-0.3, -0.25) is 9.48 Å². The van der Waals surface area contributed by atoms with Gasteiger partial charge in [-0.15, -0.1) is 0 Å². The lowest BCUT2D eigenvalue weighted by molar-refractivity contribution is -0.133. The average molecular weight is 324 g/mol. The van der Waals surface area contributed by atoms with Crippen molar-refractivity contribution in [1.29, 1.82) is 0 Å². The molecule has 0 aliphatic rings. The highest BCUT2D eigenvalue weighted by atomic mass is 16.5. The zero-order chi connectivity index (χ0) is 16.8. The van der Waals surface area contributed by atoms with Crippen molar-refractivity contribution < 1.29 is 9.53 Å². The fourth-order valence-corrected chi connectivity index (χ4v) is 2.67. The minimum absolute atomic E-state index is 0.206. The molecule has 2 heterocycles. The number of nitrogens with one attached hydrogen (secondary N) is 1. The van der Waals surface area contributed by atoms with Crippen LogP contribution in [-0.4, -0.2) is 32.3 Å². The van der Waals surface area contributed by atoms with E-state index in [2.05, 4.69) is 39.3 Å². The van der Waals surface area contributed by atoms with E-state index >= 15 is 0 Å². The number of aromatic nitrogens is 4. The van der Waals surface area contributed by atoms with Crippen LogP contribution in [0.25, 0.3) is 0 Å². The van der Waals surface area contributed by atoms with Crippen molar-refractivity contribution >= 4 is 6.47 Å². The predicted octanol–water partition coefficient (Wildman–Crippen LogP) is 2.29. The molecule has 1 aromatic carbocycles. The monoisotopic (exact) mass is 324 g/mol. The van der Waals surface area contributed by atoms with Gasteiger partial charge in [0.05, 0.1) is 19.1 Å². The molecule has 0 spiro atoms. The molecule has 6 heteroatoms. The number of H-pyrrole nitrogens is 1. The Kier molecular flexibility index (Phi) is 5.05. The van der Waals surface area contributed by atoms with Crippen molar-refractivity contribution in [2.24, 2.45) is 0 Å². The molecular weight excluding hydrogens is 304 g/mol. The van der Waals surface area contributed by atoms with E-state index in [1.807, 2.05) is 24.0 Å². The van der Waals surface area contributed by atoms with E-state index in [-0.39, 0.29) is 6.10 Å². The van der Waals surface area contributed by atoms with E-state index in [1.165, 1.54) is 5.56 Å². The quantitative estimate of drug-likeness (QED) is 0.645. The van der Waals surface area contributed by atoms with Gasteiger partial charge in [-0.1, -0.05) is 24.3 Å². The van der Waals surface area contributed by atoms with Crippen molar-refractivity contribution in [2.45, 2.75) is 32.4 Å². The van der Waals surface area contributed by atoms with Crippen LogP contribution in [0.4, 0.5) is 0 Å². The van der Waals surface area contributed by atoms with Crippen molar-refractivity contribution in [3.63, 3.8) is 0 Å². The fraction of sp³-hybridized carbons (Fsp3) is 0.278. The molecule has 0 amide bonds. The summed E-state index contributed by atoms with van der Waals surface area (Å²) in [6.45, 7) is 3.28. The van der Waals surface area contributed by atoms with E-state index in [4.69, 9.17) is 4.74 Å². The Bertz CT molecular complexity index is 763. The molecule has 0 bridgehead atoms. The Balaban J connectivity index is 1.62. The number of imidazole rings is 1. The molecule has 0 saturated carbocycles. The molecule has 6 nitrogen and oxygen atoms in total. The number of rotatable bonds is 8. The van der Waals surface area contributed by atoms with Crippen LogP contribution < -0.4 is 0 Å². The van der Waals surface area contributed by atoms with Crippen LogP contribution in [0, 0.1) is 6.92 Å². The smallest absolute Gasteiger partial charge is 0.293 e. The van der Waals surface area contributed by atoms with E-state index in [9.17, 15) is 4.79 Å². The molecule has 3 aromatic rings. The lowest BCUT2D eigenvalue weighted by Crippen LogP contribution is -2.19. The van der Waals surface area contributed by atoms with E-state index < -0.39 is 0 Å². The molecule has 124 valence electrons. The number of hydrogen-bond acceptors (Lipinski definition) is 4. The number of benzene rings is 1. The Hall–Kier alpha value is -2.89. The van der Waals surface area contributed by atoms with Crippen LogP contribution in [-0.2, 0) is 28.9 Å². The van der Waals surface area contributed by atoms with Crippen LogP contribution in [0.2, 0.25) is 0 Å². The average Bonchev–Trinajstić information content (AvgIpc) is 3.21. The van der Waals surface area contributed by atoms with E-state index in [1.54, 1.807) is 12.5 Å². The minimum Gasteiger partial charge on any atom is -0.464 e. The van der Waals surface area contributed by atoms with Crippen LogP contribution >= 0.6 is 0 Å². The second-order valence-electron chi connectivity index (χ2n) is 5.87. The molecule has 1 N–H and O–H groups in total. The third kappa shape index (κ3) is 4.32. The zero-order valence-corrected chi connectivity index (χ0v) is 13.6. The summed E-state index contributed by atoms with van der Waals surface area (Å²) in [7, 11) is 0. The predicted molar refractivity (Wildman–Crippen MR) is 89.4 cm³/mol. The maximum absolute atomic E-state index is 10.7. The molecule has 0 radical (unpaired) electrons. The molecule has 0 aliphatic carbocycles. The molecule has 0 fully saturated rings. The third-order valence-corrected chi connectivity index (χ3v) is 3.84. The molecule has 0 saturated heterocycles. The number of carbonyl (C=O) groups excluding carboxylic acids is 1. The molecule has 1 unspecified atom stereocenters. The molecular formula is C18H20N4O2. The topological polar surface area (TPSA) is 72.8 Å². The third-order valence-electron chi connectivity index (χ3n) is 3.84. The van der Waals surface area contributed by atoms with Gasteiger partial charge in [-0.05, 0) is 23.6 Å². The van der Waals surface area contributed by atoms with Gasteiger partial charge in [0.2, 0.25) is 0 Å². The normalized spacial score (nSPS) is 12.0. The Morgan fingerprint density at radius 2 is 2.00 bits per heavy atom. The Morgan fingerprint density at radius 3 is 2.62 bits per heavy atom. The number of hydrogen-bond donors (Lipinski definition) is 1. The standard InChI is InChI=1S/C18H20N4O2/c1-14-8-21-22(10-14)11-16-4-2-15(3-5-16)6-18(24-13-23)7-17-9-19-12-20-17/h2-5,8-10,12-13,18H,6-7,11H2,1H3,(H,19,20). The van der Waals surface area contributed by atoms with Crippen molar-refractivity contribution in [1.82, 2.24) is 19.7 Å². The summed E-state index contributed by atoms with van der Waals surface area (Å²) >= 11 is 0. The van der Waals surface area contributed by atoms with Gasteiger partial charge in [0.1, 0.15) is 6.10 Å². The second-order valence-corrected chi connectivity index (χ2v) is 5.87. The number of carbonyl (C=O) groups is 1. The van der Waals surface area contributed by atoms with Gasteiger partial charge in [0.15, 0.2) is 0 Å². The number of nitrogens with zero attached hydrogens (tertiary/aromatic N) is 3. The summed E-state index contributed by atoms with van der Waals surface area (Å²) in [6, 6.07) is 8.31. The van der Waals surface area contributed by atoms with Crippen LogP contribution in [0.1, 0.15) is 22.4 Å². The highest BCUT2D eigenvalue weighted by Gasteiger charge is 2.12. The summed E-state index contributed by atoms with van der Waals surface area (Å²) in [6.07, 6.45) is 8.32. The van der Waals surface area contributed by atoms with Gasteiger partial charge >= 0.3 is 0 Å². The fourth-order valence-electron chi connectivity index (χ4n) is 2.67. The molecule has 2 aromatic heterocycles. The Labute approximate surface area is 140 Å². The zero-order valence-electron chi connectivity index (χ0n) is 13.6. The summed E-state index contributed by atoms with van der Waals surface area (Å²) in [4.78, 5) is 17.8. The second kappa shape index (κ2) is 7.59. The SMILES string of the molecule is Cc1cnn(Cc2ccc(CC(Cc3cnc[nH]3)OC=O)cc2)c1. The Morgan fingerprint density at radius 1 is 1.21 bits per heavy atom. The maximum Gasteiger partial charge on any atom is 0.293 e. The van der Waals surface area contributed by atoms with E-state index in [0.29, 0.717) is 19.3 Å². The van der Waals surface area contributed by atoms with Gasteiger partial charge in [-0.2, -0.15) is 5.10 Å². The summed E-state index contributed by atoms with van der Waals surface area (Å²) in [5.41, 5.74) is 4.41. The molecule has 24 heavy (non-hydrogen) atoms. The van der Waals surface area contributed by atoms with Gasteiger partial charge in [0.25, 0.3) is 6.47 Å². The largest absolute Gasteiger partial charge is 0.464 e. The van der Waals surface area contributed by atoms with Crippen molar-refractivity contribution in [3.05, 3.63) is 71.6 Å². The van der Waals surface area contributed by atoms with Crippen LogP contribution in [0.3, 0.4) is 0 Å². The first-order valence-corrected chi connectivity index (χ1v) is 7.86. The number of ether oxygens (including phenoxy) is 1. The van der Waals surface area contributed by atoms with Crippen molar-refractivity contribution in [3.8, 4) is 0 Å².